The van der Waals surface area contributed by atoms with Crippen LogP contribution in [0.5, 0.6) is 0 Å². The Morgan fingerprint density at radius 2 is 2.12 bits per heavy atom. The maximum Gasteiger partial charge on any atom is 0.338 e. The van der Waals surface area contributed by atoms with E-state index in [2.05, 4.69) is 4.72 Å². The van der Waals surface area contributed by atoms with E-state index < -0.39 is 16.0 Å². The summed E-state index contributed by atoms with van der Waals surface area (Å²) in [5, 5.41) is 0. The van der Waals surface area contributed by atoms with E-state index in [1.54, 1.807) is 6.92 Å². The average molecular weight is 258 g/mol. The summed E-state index contributed by atoms with van der Waals surface area (Å²) >= 11 is 0. The number of sulfonamides is 1. The lowest BCUT2D eigenvalue weighted by atomic mass is 10.2. The van der Waals surface area contributed by atoms with Crippen molar-refractivity contribution in [1.29, 1.82) is 0 Å². The number of anilines is 2. The molecule has 0 atom stereocenters. The summed E-state index contributed by atoms with van der Waals surface area (Å²) in [5.41, 5.74) is 6.31. The molecule has 3 N–H and O–H groups in total. The normalized spacial score (nSPS) is 10.9. The second-order valence-corrected chi connectivity index (χ2v) is 5.15. The minimum absolute atomic E-state index is 0.168. The van der Waals surface area contributed by atoms with Gasteiger partial charge in [0.15, 0.2) is 0 Å². The van der Waals surface area contributed by atoms with Crippen LogP contribution < -0.4 is 10.5 Å². The smallest absolute Gasteiger partial charge is 0.338 e. The van der Waals surface area contributed by atoms with Crippen molar-refractivity contribution < 1.29 is 17.9 Å². The van der Waals surface area contributed by atoms with Crippen molar-refractivity contribution in [2.45, 2.75) is 6.92 Å². The minimum atomic E-state index is -3.39. The highest BCUT2D eigenvalue weighted by Gasteiger charge is 2.10. The van der Waals surface area contributed by atoms with Crippen molar-refractivity contribution in [2.75, 3.05) is 23.3 Å². The van der Waals surface area contributed by atoms with E-state index >= 15 is 0 Å². The third-order valence-corrected chi connectivity index (χ3v) is 2.45. The van der Waals surface area contributed by atoms with E-state index in [9.17, 15) is 13.2 Å². The largest absolute Gasteiger partial charge is 0.462 e. The zero-order chi connectivity index (χ0) is 13.1. The molecule has 0 fully saturated rings. The van der Waals surface area contributed by atoms with Gasteiger partial charge in [0.1, 0.15) is 0 Å². The van der Waals surface area contributed by atoms with Gasteiger partial charge in [-0.25, -0.2) is 13.2 Å². The van der Waals surface area contributed by atoms with Crippen LogP contribution in [0.25, 0.3) is 0 Å². The Balaban J connectivity index is 2.98. The second kappa shape index (κ2) is 5.05. The van der Waals surface area contributed by atoms with Gasteiger partial charge < -0.3 is 10.5 Å². The molecule has 0 spiro atoms. The number of hydrogen-bond donors (Lipinski definition) is 2. The van der Waals surface area contributed by atoms with E-state index in [0.29, 0.717) is 0 Å². The van der Waals surface area contributed by atoms with Gasteiger partial charge >= 0.3 is 5.97 Å². The molecule has 0 heterocycles. The summed E-state index contributed by atoms with van der Waals surface area (Å²) in [6.45, 7) is 1.96. The number of esters is 1. The molecule has 1 rings (SSSR count). The van der Waals surface area contributed by atoms with Gasteiger partial charge in [-0.2, -0.15) is 0 Å². The monoisotopic (exact) mass is 258 g/mol. The van der Waals surface area contributed by atoms with Crippen LogP contribution >= 0.6 is 0 Å². The molecule has 6 nitrogen and oxygen atoms in total. The predicted octanol–water partition coefficient (Wildman–Crippen LogP) is 0.817. The lowest BCUT2D eigenvalue weighted by Crippen LogP contribution is -2.12. The van der Waals surface area contributed by atoms with Crippen LogP contribution in [-0.2, 0) is 14.8 Å². The standard InChI is InChI=1S/C10H14N2O4S/c1-3-16-10(13)7-4-5-9(8(11)6-7)12-17(2,14)15/h4-6,12H,3,11H2,1-2H3. The highest BCUT2D eigenvalue weighted by Crippen LogP contribution is 2.21. The van der Waals surface area contributed by atoms with Gasteiger partial charge in [-0.05, 0) is 25.1 Å². The molecule has 0 radical (unpaired) electrons. The van der Waals surface area contributed by atoms with Gasteiger partial charge in [-0.3, -0.25) is 4.72 Å². The second-order valence-electron chi connectivity index (χ2n) is 3.40. The van der Waals surface area contributed by atoms with Crippen LogP contribution in [-0.4, -0.2) is 27.2 Å². The van der Waals surface area contributed by atoms with Crippen molar-refractivity contribution >= 4 is 27.4 Å². The lowest BCUT2D eigenvalue weighted by Gasteiger charge is -2.08. The predicted molar refractivity (Wildman–Crippen MR) is 65.3 cm³/mol. The van der Waals surface area contributed by atoms with Crippen molar-refractivity contribution in [3.63, 3.8) is 0 Å². The molecule has 0 aliphatic rings. The first-order valence-corrected chi connectivity index (χ1v) is 6.77. The Morgan fingerprint density at radius 3 is 2.59 bits per heavy atom. The Hall–Kier alpha value is -1.76. The quantitative estimate of drug-likeness (QED) is 0.615. The van der Waals surface area contributed by atoms with Gasteiger partial charge in [0.2, 0.25) is 10.0 Å². The van der Waals surface area contributed by atoms with Crippen LogP contribution in [0.2, 0.25) is 0 Å². The van der Waals surface area contributed by atoms with Crippen LogP contribution in [0.1, 0.15) is 17.3 Å². The molecule has 94 valence electrons. The summed E-state index contributed by atoms with van der Waals surface area (Å²) in [6.07, 6.45) is 1.02. The summed E-state index contributed by atoms with van der Waals surface area (Å²) in [5.74, 6) is -0.495. The van der Waals surface area contributed by atoms with E-state index in [-0.39, 0.29) is 23.5 Å². The number of carbonyl (C=O) groups excluding carboxylic acids is 1. The van der Waals surface area contributed by atoms with Crippen molar-refractivity contribution in [3.05, 3.63) is 23.8 Å². The molecule has 0 aliphatic carbocycles. The first-order chi connectivity index (χ1) is 7.83. The molecule has 0 saturated heterocycles. The van der Waals surface area contributed by atoms with Gasteiger partial charge in [-0.1, -0.05) is 0 Å². The maximum absolute atomic E-state index is 11.4. The van der Waals surface area contributed by atoms with Crippen LogP contribution in [0, 0.1) is 0 Å². The summed E-state index contributed by atoms with van der Waals surface area (Å²) in [6, 6.07) is 4.23. The summed E-state index contributed by atoms with van der Waals surface area (Å²) in [4.78, 5) is 11.4. The number of nitrogens with one attached hydrogen (secondary N) is 1. The molecular weight excluding hydrogens is 244 g/mol. The van der Waals surface area contributed by atoms with E-state index in [0.717, 1.165) is 6.26 Å². The fourth-order valence-electron chi connectivity index (χ4n) is 1.20. The van der Waals surface area contributed by atoms with Crippen LogP contribution in [0.4, 0.5) is 11.4 Å². The van der Waals surface area contributed by atoms with E-state index in [1.807, 2.05) is 0 Å². The molecular formula is C10H14N2O4S. The molecule has 7 heteroatoms. The highest BCUT2D eigenvalue weighted by molar-refractivity contribution is 7.92. The molecule has 1 aromatic rings. The molecule has 0 unspecified atom stereocenters. The number of hydrogen-bond acceptors (Lipinski definition) is 5. The number of rotatable bonds is 4. The van der Waals surface area contributed by atoms with Crippen molar-refractivity contribution in [2.24, 2.45) is 0 Å². The number of ether oxygens (including phenoxy) is 1. The average Bonchev–Trinajstić information content (AvgIpc) is 2.19. The minimum Gasteiger partial charge on any atom is -0.462 e. The Morgan fingerprint density at radius 1 is 1.47 bits per heavy atom. The first-order valence-electron chi connectivity index (χ1n) is 4.88. The zero-order valence-corrected chi connectivity index (χ0v) is 10.4. The third kappa shape index (κ3) is 3.95. The molecule has 17 heavy (non-hydrogen) atoms. The summed E-state index contributed by atoms with van der Waals surface area (Å²) < 4.78 is 29.1. The number of nitrogen functional groups attached to an aromatic ring is 1. The molecule has 0 amide bonds. The van der Waals surface area contributed by atoms with Crippen molar-refractivity contribution in [3.8, 4) is 0 Å². The highest BCUT2D eigenvalue weighted by atomic mass is 32.2. The number of carbonyl (C=O) groups is 1. The molecule has 1 aromatic carbocycles. The molecule has 0 bridgehead atoms. The zero-order valence-electron chi connectivity index (χ0n) is 9.56. The van der Waals surface area contributed by atoms with Crippen LogP contribution in [0.3, 0.4) is 0 Å². The maximum atomic E-state index is 11.4. The van der Waals surface area contributed by atoms with Gasteiger partial charge in [-0.15, -0.1) is 0 Å². The van der Waals surface area contributed by atoms with Gasteiger partial charge in [0, 0.05) is 0 Å². The molecule has 0 aliphatic heterocycles. The van der Waals surface area contributed by atoms with E-state index in [4.69, 9.17) is 10.5 Å². The Kier molecular flexibility index (Phi) is 3.95. The number of nitrogens with two attached hydrogens (primary N) is 1. The van der Waals surface area contributed by atoms with Gasteiger partial charge in [0.05, 0.1) is 29.8 Å². The van der Waals surface area contributed by atoms with E-state index in [1.165, 1.54) is 18.2 Å². The number of benzene rings is 1. The molecule has 0 aromatic heterocycles. The SMILES string of the molecule is CCOC(=O)c1ccc(NS(C)(=O)=O)c(N)c1. The topological polar surface area (TPSA) is 98.5 Å². The fraction of sp³-hybridized carbons (Fsp3) is 0.300. The summed E-state index contributed by atoms with van der Waals surface area (Å²) in [7, 11) is -3.39. The van der Waals surface area contributed by atoms with Crippen molar-refractivity contribution in [1.82, 2.24) is 0 Å². The first kappa shape index (κ1) is 13.3. The Bertz CT molecular complexity index is 525. The Labute approximate surface area is 99.8 Å². The molecule has 0 saturated carbocycles. The lowest BCUT2D eigenvalue weighted by molar-refractivity contribution is 0.0526. The van der Waals surface area contributed by atoms with Gasteiger partial charge in [0.25, 0.3) is 0 Å². The fourth-order valence-corrected chi connectivity index (χ4v) is 1.78. The van der Waals surface area contributed by atoms with Crippen LogP contribution in [0.15, 0.2) is 18.2 Å². The third-order valence-electron chi connectivity index (χ3n) is 1.86.